The predicted molar refractivity (Wildman–Crippen MR) is 78.2 cm³/mol. The molecule has 1 atom stereocenters. The molecule has 1 rings (SSSR count). The van der Waals surface area contributed by atoms with Crippen molar-refractivity contribution >= 4 is 15.7 Å². The van der Waals surface area contributed by atoms with Crippen LogP contribution in [-0.4, -0.2) is 31.2 Å². The molecule has 0 fully saturated rings. The normalized spacial score (nSPS) is 13.3. The second kappa shape index (κ2) is 6.32. The van der Waals surface area contributed by atoms with Crippen LogP contribution in [0.15, 0.2) is 0 Å². The summed E-state index contributed by atoms with van der Waals surface area (Å²) in [6.07, 6.45) is 2.96. The van der Waals surface area contributed by atoms with Gasteiger partial charge in [-0.25, -0.2) is 18.4 Å². The Morgan fingerprint density at radius 3 is 2.37 bits per heavy atom. The topological polar surface area (TPSA) is 72.0 Å². The number of aryl methyl sites for hydroxylation is 1. The Morgan fingerprint density at radius 1 is 1.26 bits per heavy atom. The van der Waals surface area contributed by atoms with Crippen molar-refractivity contribution in [3.63, 3.8) is 0 Å². The number of hydrogen-bond donors (Lipinski definition) is 1. The van der Waals surface area contributed by atoms with Crippen LogP contribution in [0.25, 0.3) is 0 Å². The van der Waals surface area contributed by atoms with Gasteiger partial charge in [-0.3, -0.25) is 0 Å². The predicted octanol–water partition coefficient (Wildman–Crippen LogP) is 2.27. The highest BCUT2D eigenvalue weighted by Gasteiger charge is 2.22. The third kappa shape index (κ3) is 3.89. The minimum absolute atomic E-state index is 0.378. The van der Waals surface area contributed by atoms with Crippen LogP contribution in [0, 0.1) is 6.92 Å². The molecule has 1 heterocycles. The summed E-state index contributed by atoms with van der Waals surface area (Å²) in [7, 11) is -3.18. The Labute approximate surface area is 115 Å². The third-order valence-corrected chi connectivity index (χ3v) is 4.64. The molecule has 6 heteroatoms. The molecule has 0 radical (unpaired) electrons. The summed E-state index contributed by atoms with van der Waals surface area (Å²) in [4.78, 5) is 8.78. The quantitative estimate of drug-likeness (QED) is 0.868. The van der Waals surface area contributed by atoms with Gasteiger partial charge in [0.2, 0.25) is 0 Å². The number of sulfone groups is 1. The van der Waals surface area contributed by atoms with Crippen LogP contribution in [-0.2, 0) is 16.3 Å². The Hall–Kier alpha value is -1.17. The summed E-state index contributed by atoms with van der Waals surface area (Å²) in [5, 5.41) is 2.56. The van der Waals surface area contributed by atoms with Crippen molar-refractivity contribution in [1.29, 1.82) is 0 Å². The number of anilines is 1. The van der Waals surface area contributed by atoms with Crippen LogP contribution < -0.4 is 5.32 Å². The van der Waals surface area contributed by atoms with Crippen molar-refractivity contribution in [2.45, 2.75) is 45.8 Å². The standard InChI is InChI=1S/C13H23N3O2S/c1-6-8-14-12-9(3)11(7-2)15-13(16-12)10(4)19(5,17)18/h10H,6-8H2,1-5H3,(H,14,15,16). The monoisotopic (exact) mass is 285 g/mol. The fourth-order valence-corrected chi connectivity index (χ4v) is 2.20. The zero-order chi connectivity index (χ0) is 14.6. The molecule has 1 N–H and O–H groups in total. The smallest absolute Gasteiger partial charge is 0.157 e. The molecule has 0 aromatic carbocycles. The van der Waals surface area contributed by atoms with Gasteiger partial charge >= 0.3 is 0 Å². The van der Waals surface area contributed by atoms with Gasteiger partial charge in [0.1, 0.15) is 16.9 Å². The van der Waals surface area contributed by atoms with Crippen LogP contribution in [0.3, 0.4) is 0 Å². The maximum Gasteiger partial charge on any atom is 0.157 e. The second-order valence-electron chi connectivity index (χ2n) is 4.75. The average molecular weight is 285 g/mol. The summed E-state index contributed by atoms with van der Waals surface area (Å²) >= 11 is 0. The van der Waals surface area contributed by atoms with E-state index in [1.165, 1.54) is 6.26 Å². The van der Waals surface area contributed by atoms with Crippen molar-refractivity contribution in [3.8, 4) is 0 Å². The van der Waals surface area contributed by atoms with E-state index in [1.807, 2.05) is 13.8 Å². The maximum atomic E-state index is 11.6. The first kappa shape index (κ1) is 15.9. The Kier molecular flexibility index (Phi) is 5.29. The fraction of sp³-hybridized carbons (Fsp3) is 0.692. The molecule has 0 aliphatic rings. The van der Waals surface area contributed by atoms with E-state index in [2.05, 4.69) is 22.2 Å². The van der Waals surface area contributed by atoms with E-state index in [4.69, 9.17) is 0 Å². The fourth-order valence-electron chi connectivity index (χ4n) is 1.72. The summed E-state index contributed by atoms with van der Waals surface area (Å²) in [5.41, 5.74) is 1.90. The van der Waals surface area contributed by atoms with E-state index in [-0.39, 0.29) is 0 Å². The van der Waals surface area contributed by atoms with Gasteiger partial charge in [0.15, 0.2) is 9.84 Å². The van der Waals surface area contributed by atoms with Crippen LogP contribution >= 0.6 is 0 Å². The van der Waals surface area contributed by atoms with Crippen molar-refractivity contribution in [1.82, 2.24) is 9.97 Å². The van der Waals surface area contributed by atoms with Crippen LogP contribution in [0.4, 0.5) is 5.82 Å². The highest BCUT2D eigenvalue weighted by Crippen LogP contribution is 2.23. The molecule has 1 aromatic heterocycles. The van der Waals surface area contributed by atoms with Gasteiger partial charge in [-0.2, -0.15) is 0 Å². The van der Waals surface area contributed by atoms with Crippen molar-refractivity contribution in [3.05, 3.63) is 17.1 Å². The summed E-state index contributed by atoms with van der Waals surface area (Å²) in [5.74, 6) is 1.13. The number of nitrogens with one attached hydrogen (secondary N) is 1. The molecule has 108 valence electrons. The zero-order valence-corrected chi connectivity index (χ0v) is 13.1. The lowest BCUT2D eigenvalue weighted by Crippen LogP contribution is -2.16. The van der Waals surface area contributed by atoms with Gasteiger partial charge < -0.3 is 5.32 Å². The SMILES string of the molecule is CCCNc1nc(C(C)S(C)(=O)=O)nc(CC)c1C. The molecular weight excluding hydrogens is 262 g/mol. The molecule has 0 saturated carbocycles. The van der Waals surface area contributed by atoms with Gasteiger partial charge in [-0.15, -0.1) is 0 Å². The molecule has 0 saturated heterocycles. The number of aromatic nitrogens is 2. The van der Waals surface area contributed by atoms with E-state index in [1.54, 1.807) is 6.92 Å². The largest absolute Gasteiger partial charge is 0.370 e. The minimum atomic E-state index is -3.18. The van der Waals surface area contributed by atoms with Gasteiger partial charge in [0.05, 0.1) is 0 Å². The van der Waals surface area contributed by atoms with E-state index >= 15 is 0 Å². The lowest BCUT2D eigenvalue weighted by Gasteiger charge is -2.15. The van der Waals surface area contributed by atoms with Crippen molar-refractivity contribution in [2.75, 3.05) is 18.1 Å². The molecule has 0 aliphatic heterocycles. The van der Waals surface area contributed by atoms with Crippen LogP contribution in [0.1, 0.15) is 49.5 Å². The van der Waals surface area contributed by atoms with E-state index < -0.39 is 15.1 Å². The average Bonchev–Trinajstić information content (AvgIpc) is 2.35. The van der Waals surface area contributed by atoms with E-state index in [0.717, 1.165) is 36.5 Å². The lowest BCUT2D eigenvalue weighted by atomic mass is 10.2. The highest BCUT2D eigenvalue weighted by molar-refractivity contribution is 7.90. The molecule has 1 aromatic rings. The zero-order valence-electron chi connectivity index (χ0n) is 12.3. The van der Waals surface area contributed by atoms with E-state index in [9.17, 15) is 8.42 Å². The number of rotatable bonds is 6. The maximum absolute atomic E-state index is 11.6. The van der Waals surface area contributed by atoms with Crippen molar-refractivity contribution in [2.24, 2.45) is 0 Å². The molecular formula is C13H23N3O2S. The first-order valence-electron chi connectivity index (χ1n) is 6.61. The van der Waals surface area contributed by atoms with Gasteiger partial charge in [0.25, 0.3) is 0 Å². The Morgan fingerprint density at radius 2 is 1.89 bits per heavy atom. The summed E-state index contributed by atoms with van der Waals surface area (Å²) < 4.78 is 23.3. The second-order valence-corrected chi connectivity index (χ2v) is 7.12. The van der Waals surface area contributed by atoms with Crippen LogP contribution in [0.5, 0.6) is 0 Å². The first-order chi connectivity index (χ1) is 8.81. The number of hydrogen-bond acceptors (Lipinski definition) is 5. The van der Waals surface area contributed by atoms with Gasteiger partial charge in [0, 0.05) is 24.1 Å². The Balaban J connectivity index is 3.27. The molecule has 0 aliphatic carbocycles. The summed E-state index contributed by atoms with van der Waals surface area (Å²) in [6, 6.07) is 0. The lowest BCUT2D eigenvalue weighted by molar-refractivity contribution is 0.588. The highest BCUT2D eigenvalue weighted by atomic mass is 32.2. The molecule has 0 bridgehead atoms. The third-order valence-electron chi connectivity index (χ3n) is 3.15. The van der Waals surface area contributed by atoms with Gasteiger partial charge in [-0.1, -0.05) is 13.8 Å². The van der Waals surface area contributed by atoms with Crippen LogP contribution in [0.2, 0.25) is 0 Å². The molecule has 1 unspecified atom stereocenters. The number of nitrogens with zero attached hydrogens (tertiary/aromatic N) is 2. The van der Waals surface area contributed by atoms with Crippen molar-refractivity contribution < 1.29 is 8.42 Å². The molecule has 19 heavy (non-hydrogen) atoms. The van der Waals surface area contributed by atoms with Gasteiger partial charge in [-0.05, 0) is 26.7 Å². The minimum Gasteiger partial charge on any atom is -0.370 e. The first-order valence-corrected chi connectivity index (χ1v) is 8.56. The Bertz CT molecular complexity index is 541. The molecule has 0 amide bonds. The van der Waals surface area contributed by atoms with E-state index in [0.29, 0.717) is 5.82 Å². The molecule has 0 spiro atoms. The summed E-state index contributed by atoms with van der Waals surface area (Å²) in [6.45, 7) is 8.49. The molecule has 5 nitrogen and oxygen atoms in total.